The molecule has 3 N–H and O–H groups in total. The Kier molecular flexibility index (Phi) is 50.6. The molecule has 0 aliphatic rings. The first-order chi connectivity index (χ1) is 30.5. The zero-order valence-electron chi connectivity index (χ0n) is 41.6. The molecule has 6 heteroatoms. The summed E-state index contributed by atoms with van der Waals surface area (Å²) in [6.45, 7) is 4.91. The summed E-state index contributed by atoms with van der Waals surface area (Å²) in [6, 6.07) is -0.562. The third kappa shape index (κ3) is 47.8. The fourth-order valence-electron chi connectivity index (χ4n) is 8.45. The van der Waals surface area contributed by atoms with Crippen LogP contribution in [0.2, 0.25) is 0 Å². The van der Waals surface area contributed by atoms with Gasteiger partial charge in [0.05, 0.1) is 25.4 Å². The molecule has 0 aliphatic heterocycles. The number of unbranched alkanes of at least 4 members (excludes halogenated alkanes) is 36. The second-order valence-electron chi connectivity index (χ2n) is 18.9. The number of nitrogens with one attached hydrogen (secondary N) is 1. The lowest BCUT2D eigenvalue weighted by molar-refractivity contribution is -0.143. The van der Waals surface area contributed by atoms with Gasteiger partial charge >= 0.3 is 5.97 Å². The third-order valence-corrected chi connectivity index (χ3v) is 12.7. The van der Waals surface area contributed by atoms with E-state index in [2.05, 4.69) is 43.5 Å². The second-order valence-corrected chi connectivity index (χ2v) is 18.9. The lowest BCUT2D eigenvalue weighted by Gasteiger charge is -2.22. The quantitative estimate of drug-likeness (QED) is 0.0321. The molecule has 0 spiro atoms. The van der Waals surface area contributed by atoms with Crippen LogP contribution in [0.3, 0.4) is 0 Å². The van der Waals surface area contributed by atoms with Gasteiger partial charge in [0, 0.05) is 12.8 Å². The molecule has 0 aromatic rings. The number of carbonyl (C=O) groups is 2. The van der Waals surface area contributed by atoms with Crippen LogP contribution in [0.1, 0.15) is 296 Å². The minimum atomic E-state index is -0.682. The standard InChI is InChI=1S/C56H107NO5/c1-3-5-7-9-11-13-15-17-19-20-22-24-28-32-36-40-44-48-54(59)53(52-58)57-55(60)49-45-41-37-33-29-25-23-27-31-35-39-43-47-51-62-56(61)50-46-42-38-34-30-26-21-18-16-14-12-10-8-6-4-2/h18,21,25,29,53-54,58-59H,3-17,19-20,22-24,26-28,30-52H2,1-2H3,(H,57,60)/b21-18-,29-25-. The summed E-state index contributed by atoms with van der Waals surface area (Å²) < 4.78 is 5.46. The van der Waals surface area contributed by atoms with Gasteiger partial charge in [-0.15, -0.1) is 0 Å². The first-order valence-electron chi connectivity index (χ1n) is 27.6. The van der Waals surface area contributed by atoms with Gasteiger partial charge in [-0.05, 0) is 77.0 Å². The maximum atomic E-state index is 12.5. The van der Waals surface area contributed by atoms with E-state index in [0.29, 0.717) is 25.9 Å². The van der Waals surface area contributed by atoms with Crippen molar-refractivity contribution in [3.05, 3.63) is 24.3 Å². The van der Waals surface area contributed by atoms with Gasteiger partial charge in [0.2, 0.25) is 5.91 Å². The van der Waals surface area contributed by atoms with Crippen LogP contribution in [0.5, 0.6) is 0 Å². The van der Waals surface area contributed by atoms with Crippen molar-refractivity contribution < 1.29 is 24.5 Å². The van der Waals surface area contributed by atoms with Crippen LogP contribution in [-0.4, -0.2) is 47.4 Å². The maximum Gasteiger partial charge on any atom is 0.305 e. The highest BCUT2D eigenvalue weighted by Crippen LogP contribution is 2.16. The predicted molar refractivity (Wildman–Crippen MR) is 269 cm³/mol. The molecule has 0 rings (SSSR count). The lowest BCUT2D eigenvalue weighted by atomic mass is 10.0. The van der Waals surface area contributed by atoms with Crippen molar-refractivity contribution >= 4 is 11.9 Å². The molecule has 0 saturated carbocycles. The van der Waals surface area contributed by atoms with Crippen LogP contribution in [0.25, 0.3) is 0 Å². The lowest BCUT2D eigenvalue weighted by Crippen LogP contribution is -2.45. The third-order valence-electron chi connectivity index (χ3n) is 12.7. The van der Waals surface area contributed by atoms with Crippen molar-refractivity contribution in [3.8, 4) is 0 Å². The minimum absolute atomic E-state index is 0.0202. The summed E-state index contributed by atoms with van der Waals surface area (Å²) in [7, 11) is 0. The van der Waals surface area contributed by atoms with E-state index < -0.39 is 12.1 Å². The van der Waals surface area contributed by atoms with E-state index in [9.17, 15) is 19.8 Å². The van der Waals surface area contributed by atoms with Gasteiger partial charge in [0.15, 0.2) is 0 Å². The highest BCUT2D eigenvalue weighted by molar-refractivity contribution is 5.76. The number of amides is 1. The van der Waals surface area contributed by atoms with Gasteiger partial charge in [-0.1, -0.05) is 231 Å². The van der Waals surface area contributed by atoms with Crippen molar-refractivity contribution in [1.29, 1.82) is 0 Å². The number of esters is 1. The van der Waals surface area contributed by atoms with E-state index >= 15 is 0 Å². The normalized spacial score (nSPS) is 12.8. The Balaban J connectivity index is 3.50. The number of aliphatic hydroxyl groups is 2. The molecule has 0 heterocycles. The number of ether oxygens (including phenoxy) is 1. The average molecular weight is 874 g/mol. The smallest absolute Gasteiger partial charge is 0.305 e. The predicted octanol–water partition coefficient (Wildman–Crippen LogP) is 16.7. The van der Waals surface area contributed by atoms with E-state index in [-0.39, 0.29) is 18.5 Å². The molecule has 0 bridgehead atoms. The summed E-state index contributed by atoms with van der Waals surface area (Å²) >= 11 is 0. The van der Waals surface area contributed by atoms with Crippen molar-refractivity contribution in [1.82, 2.24) is 5.32 Å². The maximum absolute atomic E-state index is 12.5. The van der Waals surface area contributed by atoms with Crippen LogP contribution in [0.15, 0.2) is 24.3 Å². The molecular formula is C56H107NO5. The number of rotatable bonds is 51. The summed E-state index contributed by atoms with van der Waals surface area (Å²) in [6.07, 6.45) is 61.5. The molecule has 6 nitrogen and oxygen atoms in total. The van der Waals surface area contributed by atoms with E-state index in [1.807, 2.05) is 0 Å². The number of carbonyl (C=O) groups excluding carboxylic acids is 2. The molecule has 0 aromatic heterocycles. The summed E-state index contributed by atoms with van der Waals surface area (Å²) in [4.78, 5) is 24.5. The zero-order valence-corrected chi connectivity index (χ0v) is 41.6. The first-order valence-corrected chi connectivity index (χ1v) is 27.6. The van der Waals surface area contributed by atoms with Crippen molar-refractivity contribution in [2.45, 2.75) is 309 Å². The molecule has 0 aromatic carbocycles. The molecule has 0 saturated heterocycles. The number of hydrogen-bond acceptors (Lipinski definition) is 5. The first kappa shape index (κ1) is 60.3. The van der Waals surface area contributed by atoms with E-state index in [1.165, 1.54) is 193 Å². The largest absolute Gasteiger partial charge is 0.466 e. The fourth-order valence-corrected chi connectivity index (χ4v) is 8.45. The van der Waals surface area contributed by atoms with E-state index in [4.69, 9.17) is 4.74 Å². The second kappa shape index (κ2) is 52.0. The molecule has 62 heavy (non-hydrogen) atoms. The topological polar surface area (TPSA) is 95.9 Å². The highest BCUT2D eigenvalue weighted by Gasteiger charge is 2.20. The summed E-state index contributed by atoms with van der Waals surface area (Å²) in [5.41, 5.74) is 0. The van der Waals surface area contributed by atoms with E-state index in [0.717, 1.165) is 70.6 Å². The van der Waals surface area contributed by atoms with E-state index in [1.54, 1.807) is 0 Å². The highest BCUT2D eigenvalue weighted by atomic mass is 16.5. The molecule has 1 amide bonds. The molecule has 0 fully saturated rings. The van der Waals surface area contributed by atoms with Crippen LogP contribution < -0.4 is 5.32 Å². The van der Waals surface area contributed by atoms with Crippen molar-refractivity contribution in [2.75, 3.05) is 13.2 Å². The number of allylic oxidation sites excluding steroid dienone is 4. The molecule has 0 radical (unpaired) electrons. The molecule has 366 valence electrons. The van der Waals surface area contributed by atoms with Gasteiger partial charge < -0.3 is 20.3 Å². The van der Waals surface area contributed by atoms with Crippen LogP contribution in [0.4, 0.5) is 0 Å². The Morgan fingerprint density at radius 2 is 0.758 bits per heavy atom. The Bertz CT molecular complexity index is 966. The average Bonchev–Trinajstić information content (AvgIpc) is 3.27. The Hall–Kier alpha value is -1.66. The van der Waals surface area contributed by atoms with Crippen molar-refractivity contribution in [2.24, 2.45) is 0 Å². The molecule has 0 aliphatic carbocycles. The van der Waals surface area contributed by atoms with Crippen molar-refractivity contribution in [3.63, 3.8) is 0 Å². The van der Waals surface area contributed by atoms with Crippen LogP contribution in [-0.2, 0) is 14.3 Å². The van der Waals surface area contributed by atoms with Gasteiger partial charge in [0.1, 0.15) is 0 Å². The monoisotopic (exact) mass is 874 g/mol. The van der Waals surface area contributed by atoms with Gasteiger partial charge in [-0.2, -0.15) is 0 Å². The Labute approximate surface area is 386 Å². The SMILES string of the molecule is CCCCCCCC/C=C\CCCCCCCC(=O)OCCCCCCCC/C=C\CCCCCC(=O)NC(CO)C(O)CCCCCCCCCCCCCCCCCCC. The zero-order chi connectivity index (χ0) is 45.1. The molecule has 2 unspecified atom stereocenters. The number of aliphatic hydroxyl groups excluding tert-OH is 2. The Morgan fingerprint density at radius 3 is 1.16 bits per heavy atom. The summed E-state index contributed by atoms with van der Waals surface area (Å²) in [5, 5.41) is 23.2. The minimum Gasteiger partial charge on any atom is -0.466 e. The van der Waals surface area contributed by atoms with Gasteiger partial charge in [-0.3, -0.25) is 9.59 Å². The van der Waals surface area contributed by atoms with Crippen LogP contribution >= 0.6 is 0 Å². The molecule has 2 atom stereocenters. The fraction of sp³-hybridized carbons (Fsp3) is 0.893. The van der Waals surface area contributed by atoms with Gasteiger partial charge in [0.25, 0.3) is 0 Å². The van der Waals surface area contributed by atoms with Gasteiger partial charge in [-0.25, -0.2) is 0 Å². The molecular weight excluding hydrogens is 767 g/mol. The number of hydrogen-bond donors (Lipinski definition) is 3. The Morgan fingerprint density at radius 1 is 0.435 bits per heavy atom. The van der Waals surface area contributed by atoms with Crippen LogP contribution in [0, 0.1) is 0 Å². The summed E-state index contributed by atoms with van der Waals surface area (Å²) in [5.74, 6) is -0.0840.